The second kappa shape index (κ2) is 6.21. The number of carbonyl (C=O) groups is 2. The lowest BCUT2D eigenvalue weighted by Crippen LogP contribution is -2.26. The van der Waals surface area contributed by atoms with E-state index in [1.165, 1.54) is 12.1 Å². The maximum atomic E-state index is 11.5. The third kappa shape index (κ3) is 3.91. The van der Waals surface area contributed by atoms with Gasteiger partial charge < -0.3 is 15.2 Å². The first-order valence-electron chi connectivity index (χ1n) is 6.42. The third-order valence-electron chi connectivity index (χ3n) is 2.94. The molecule has 2 rings (SSSR count). The Morgan fingerprint density at radius 2 is 2.14 bits per heavy atom. The number of nitro groups is 1. The number of aromatic carboxylic acids is 1. The second-order valence-electron chi connectivity index (χ2n) is 4.65. The minimum absolute atomic E-state index is 0.0417. The SMILES string of the molecule is O=C(CCOc1cccc([N+](=O)[O-])c1C(=O)O)NC1CC1. The summed E-state index contributed by atoms with van der Waals surface area (Å²) < 4.78 is 5.22. The summed E-state index contributed by atoms with van der Waals surface area (Å²) in [6.45, 7) is -0.0417. The van der Waals surface area contributed by atoms with E-state index >= 15 is 0 Å². The zero-order valence-corrected chi connectivity index (χ0v) is 11.1. The van der Waals surface area contributed by atoms with Gasteiger partial charge in [0.25, 0.3) is 5.69 Å². The van der Waals surface area contributed by atoms with Gasteiger partial charge in [-0.15, -0.1) is 0 Å². The van der Waals surface area contributed by atoms with Crippen LogP contribution in [0, 0.1) is 10.1 Å². The largest absolute Gasteiger partial charge is 0.492 e. The van der Waals surface area contributed by atoms with E-state index < -0.39 is 22.1 Å². The zero-order chi connectivity index (χ0) is 15.4. The number of nitro benzene ring substituents is 1. The topological polar surface area (TPSA) is 119 Å². The van der Waals surface area contributed by atoms with Crippen molar-refractivity contribution in [1.29, 1.82) is 0 Å². The van der Waals surface area contributed by atoms with Gasteiger partial charge in [-0.25, -0.2) is 4.79 Å². The van der Waals surface area contributed by atoms with Crippen LogP contribution in [0.2, 0.25) is 0 Å². The van der Waals surface area contributed by atoms with Gasteiger partial charge in [-0.3, -0.25) is 14.9 Å². The molecule has 1 fully saturated rings. The minimum atomic E-state index is -1.44. The number of rotatable bonds is 7. The Morgan fingerprint density at radius 1 is 1.43 bits per heavy atom. The number of ether oxygens (including phenoxy) is 1. The fourth-order valence-corrected chi connectivity index (χ4v) is 1.79. The van der Waals surface area contributed by atoms with Crippen molar-refractivity contribution in [3.05, 3.63) is 33.9 Å². The molecule has 0 saturated heterocycles. The van der Waals surface area contributed by atoms with Crippen molar-refractivity contribution >= 4 is 17.6 Å². The summed E-state index contributed by atoms with van der Waals surface area (Å²) >= 11 is 0. The predicted molar refractivity (Wildman–Crippen MR) is 71.3 cm³/mol. The van der Waals surface area contributed by atoms with Crippen molar-refractivity contribution in [3.8, 4) is 5.75 Å². The fourth-order valence-electron chi connectivity index (χ4n) is 1.79. The highest BCUT2D eigenvalue weighted by Gasteiger charge is 2.25. The Hall–Kier alpha value is -2.64. The Morgan fingerprint density at radius 3 is 2.71 bits per heavy atom. The normalized spacial score (nSPS) is 13.5. The second-order valence-corrected chi connectivity index (χ2v) is 4.65. The molecule has 1 amide bonds. The molecule has 0 aromatic heterocycles. The molecule has 8 heteroatoms. The van der Waals surface area contributed by atoms with Gasteiger partial charge >= 0.3 is 5.97 Å². The molecule has 0 radical (unpaired) electrons. The molecule has 0 unspecified atom stereocenters. The molecule has 1 saturated carbocycles. The van der Waals surface area contributed by atoms with Gasteiger partial charge in [0.1, 0.15) is 5.75 Å². The van der Waals surface area contributed by atoms with Gasteiger partial charge in [-0.2, -0.15) is 0 Å². The molecular weight excluding hydrogens is 280 g/mol. The molecule has 1 aromatic carbocycles. The molecule has 1 aliphatic carbocycles. The molecule has 112 valence electrons. The number of benzene rings is 1. The van der Waals surface area contributed by atoms with Gasteiger partial charge in [0.2, 0.25) is 5.91 Å². The average Bonchev–Trinajstić information content (AvgIpc) is 3.21. The van der Waals surface area contributed by atoms with E-state index in [9.17, 15) is 19.7 Å². The van der Waals surface area contributed by atoms with Crippen molar-refractivity contribution in [2.45, 2.75) is 25.3 Å². The summed E-state index contributed by atoms with van der Waals surface area (Å²) in [5.74, 6) is -1.74. The number of carboxylic acid groups (broad SMARTS) is 1. The molecule has 0 aliphatic heterocycles. The summed E-state index contributed by atoms with van der Waals surface area (Å²) in [6.07, 6.45) is 2.01. The maximum absolute atomic E-state index is 11.5. The molecule has 0 atom stereocenters. The highest BCUT2D eigenvalue weighted by Crippen LogP contribution is 2.28. The van der Waals surface area contributed by atoms with E-state index in [-0.39, 0.29) is 30.7 Å². The van der Waals surface area contributed by atoms with Crippen LogP contribution in [0.25, 0.3) is 0 Å². The number of nitrogens with one attached hydrogen (secondary N) is 1. The zero-order valence-electron chi connectivity index (χ0n) is 11.1. The van der Waals surface area contributed by atoms with E-state index in [4.69, 9.17) is 9.84 Å². The highest BCUT2D eigenvalue weighted by atomic mass is 16.6. The van der Waals surface area contributed by atoms with Crippen LogP contribution in [-0.2, 0) is 4.79 Å². The van der Waals surface area contributed by atoms with Gasteiger partial charge in [0.05, 0.1) is 18.0 Å². The highest BCUT2D eigenvalue weighted by molar-refractivity contribution is 5.95. The lowest BCUT2D eigenvalue weighted by Gasteiger charge is -2.09. The molecular formula is C13H14N2O6. The molecule has 8 nitrogen and oxygen atoms in total. The van der Waals surface area contributed by atoms with Crippen molar-refractivity contribution in [3.63, 3.8) is 0 Å². The van der Waals surface area contributed by atoms with Gasteiger partial charge in [-0.05, 0) is 18.9 Å². The smallest absolute Gasteiger partial charge is 0.346 e. The molecule has 1 aliphatic rings. The van der Waals surface area contributed by atoms with Crippen molar-refractivity contribution < 1.29 is 24.4 Å². The Labute approximate surface area is 119 Å². The monoisotopic (exact) mass is 294 g/mol. The maximum Gasteiger partial charge on any atom is 0.346 e. The molecule has 21 heavy (non-hydrogen) atoms. The third-order valence-corrected chi connectivity index (χ3v) is 2.94. The van der Waals surface area contributed by atoms with Crippen LogP contribution in [0.3, 0.4) is 0 Å². The lowest BCUT2D eigenvalue weighted by atomic mass is 10.1. The van der Waals surface area contributed by atoms with Crippen LogP contribution in [0.1, 0.15) is 29.6 Å². The van der Waals surface area contributed by atoms with E-state index in [0.717, 1.165) is 18.9 Å². The van der Waals surface area contributed by atoms with Crippen molar-refractivity contribution in [2.75, 3.05) is 6.61 Å². The summed E-state index contributed by atoms with van der Waals surface area (Å²) in [5.41, 5.74) is -1.05. The van der Waals surface area contributed by atoms with Crippen LogP contribution >= 0.6 is 0 Å². The Bertz CT molecular complexity index is 582. The van der Waals surface area contributed by atoms with Crippen LogP contribution in [0.4, 0.5) is 5.69 Å². The van der Waals surface area contributed by atoms with Gasteiger partial charge in [0.15, 0.2) is 5.56 Å². The van der Waals surface area contributed by atoms with E-state index in [1.807, 2.05) is 0 Å². The number of amides is 1. The average molecular weight is 294 g/mol. The van der Waals surface area contributed by atoms with Crippen molar-refractivity contribution in [1.82, 2.24) is 5.32 Å². The summed E-state index contributed by atoms with van der Waals surface area (Å²) in [4.78, 5) is 32.6. The molecule has 0 bridgehead atoms. The van der Waals surface area contributed by atoms with Gasteiger partial charge in [-0.1, -0.05) is 6.07 Å². The number of hydrogen-bond acceptors (Lipinski definition) is 5. The number of carboxylic acids is 1. The van der Waals surface area contributed by atoms with Crippen LogP contribution in [-0.4, -0.2) is 34.6 Å². The van der Waals surface area contributed by atoms with Gasteiger partial charge in [0, 0.05) is 12.1 Å². The molecule has 1 aromatic rings. The first-order valence-corrected chi connectivity index (χ1v) is 6.42. The van der Waals surface area contributed by atoms with Crippen LogP contribution in [0.15, 0.2) is 18.2 Å². The number of carbonyl (C=O) groups excluding carboxylic acids is 1. The summed E-state index contributed by atoms with van der Waals surface area (Å²) in [7, 11) is 0. The lowest BCUT2D eigenvalue weighted by molar-refractivity contribution is -0.385. The molecule has 2 N–H and O–H groups in total. The standard InChI is InChI=1S/C13H14N2O6/c16-11(14-8-4-5-8)6-7-21-10-3-1-2-9(15(19)20)12(10)13(17)18/h1-3,8H,4-7H2,(H,14,16)(H,17,18). The van der Waals surface area contributed by atoms with E-state index in [0.29, 0.717) is 0 Å². The molecule has 0 heterocycles. The number of hydrogen-bond donors (Lipinski definition) is 2. The summed E-state index contributed by atoms with van der Waals surface area (Å²) in [5, 5.41) is 22.6. The Kier molecular flexibility index (Phi) is 4.36. The fraction of sp³-hybridized carbons (Fsp3) is 0.385. The predicted octanol–water partition coefficient (Wildman–Crippen LogP) is 1.34. The van der Waals surface area contributed by atoms with Crippen LogP contribution < -0.4 is 10.1 Å². The van der Waals surface area contributed by atoms with Crippen LogP contribution in [0.5, 0.6) is 5.75 Å². The molecule has 0 spiro atoms. The first-order chi connectivity index (χ1) is 9.99. The first kappa shape index (κ1) is 14.8. The van der Waals surface area contributed by atoms with E-state index in [2.05, 4.69) is 5.32 Å². The minimum Gasteiger partial charge on any atom is -0.492 e. The van der Waals surface area contributed by atoms with Crippen molar-refractivity contribution in [2.24, 2.45) is 0 Å². The summed E-state index contributed by atoms with van der Waals surface area (Å²) in [6, 6.07) is 4.00. The quantitative estimate of drug-likeness (QED) is 0.578. The Balaban J connectivity index is 2.01. The number of nitrogens with zero attached hydrogens (tertiary/aromatic N) is 1. The van der Waals surface area contributed by atoms with E-state index in [1.54, 1.807) is 0 Å².